The molecule has 1 unspecified atom stereocenters. The van der Waals surface area contributed by atoms with E-state index < -0.39 is 0 Å². The fourth-order valence-corrected chi connectivity index (χ4v) is 3.42. The second-order valence-electron chi connectivity index (χ2n) is 4.89. The van der Waals surface area contributed by atoms with Gasteiger partial charge in [-0.2, -0.15) is 0 Å². The van der Waals surface area contributed by atoms with E-state index in [2.05, 4.69) is 36.5 Å². The van der Waals surface area contributed by atoms with Crippen LogP contribution in [-0.2, 0) is 13.0 Å². The number of benzene rings is 1. The summed E-state index contributed by atoms with van der Waals surface area (Å²) >= 11 is 7.53. The minimum absolute atomic E-state index is 0.243. The predicted octanol–water partition coefficient (Wildman–Crippen LogP) is 3.80. The smallest absolute Gasteiger partial charge is 0.123 e. The van der Waals surface area contributed by atoms with Crippen molar-refractivity contribution in [2.75, 3.05) is 6.54 Å². The molecule has 4 heteroatoms. The summed E-state index contributed by atoms with van der Waals surface area (Å²) in [7, 11) is 0. The van der Waals surface area contributed by atoms with E-state index in [9.17, 15) is 0 Å². The van der Waals surface area contributed by atoms with Crippen LogP contribution in [0.4, 0.5) is 0 Å². The van der Waals surface area contributed by atoms with Gasteiger partial charge in [-0.1, -0.05) is 29.3 Å². The summed E-state index contributed by atoms with van der Waals surface area (Å²) in [5.74, 6) is 1.04. The molecule has 2 nitrogen and oxygen atoms in total. The summed E-state index contributed by atoms with van der Waals surface area (Å²) in [6, 6.07) is 10.4. The molecule has 1 aromatic carbocycles. The summed E-state index contributed by atoms with van der Waals surface area (Å²) in [6.07, 6.45) is 1.24. The van der Waals surface area contributed by atoms with Gasteiger partial charge in [0.15, 0.2) is 0 Å². The van der Waals surface area contributed by atoms with Crippen LogP contribution >= 0.6 is 22.9 Å². The summed E-state index contributed by atoms with van der Waals surface area (Å²) < 4.78 is 6.76. The van der Waals surface area contributed by atoms with E-state index >= 15 is 0 Å². The lowest BCUT2D eigenvalue weighted by Crippen LogP contribution is -2.29. The number of fused-ring (bicyclic) bond motifs is 1. The maximum Gasteiger partial charge on any atom is 0.123 e. The van der Waals surface area contributed by atoms with Crippen molar-refractivity contribution in [3.05, 3.63) is 50.7 Å². The second kappa shape index (κ2) is 5.53. The van der Waals surface area contributed by atoms with E-state index in [0.29, 0.717) is 0 Å². The highest BCUT2D eigenvalue weighted by molar-refractivity contribution is 7.16. The zero-order valence-electron chi connectivity index (χ0n) is 10.8. The molecular formula is C15H16ClNOS. The first-order chi connectivity index (χ1) is 9.20. The maximum atomic E-state index is 5.92. The third-order valence-corrected chi connectivity index (χ3v) is 4.49. The first kappa shape index (κ1) is 13.0. The van der Waals surface area contributed by atoms with Gasteiger partial charge in [0.25, 0.3) is 0 Å². The van der Waals surface area contributed by atoms with Crippen molar-refractivity contribution in [3.8, 4) is 5.75 Å². The van der Waals surface area contributed by atoms with Crippen LogP contribution in [0.15, 0.2) is 30.3 Å². The number of nitrogens with one attached hydrogen (secondary N) is 1. The Morgan fingerprint density at radius 1 is 1.37 bits per heavy atom. The topological polar surface area (TPSA) is 21.3 Å². The fraction of sp³-hybridized carbons (Fsp3) is 0.333. The average Bonchev–Trinajstić information content (AvgIpc) is 2.95. The van der Waals surface area contributed by atoms with Crippen LogP contribution in [0.2, 0.25) is 4.34 Å². The van der Waals surface area contributed by atoms with Crippen molar-refractivity contribution in [3.63, 3.8) is 0 Å². The van der Waals surface area contributed by atoms with Crippen LogP contribution < -0.4 is 10.1 Å². The molecule has 2 aromatic rings. The summed E-state index contributed by atoms with van der Waals surface area (Å²) in [5.41, 5.74) is 2.62. The Morgan fingerprint density at radius 3 is 3.05 bits per heavy atom. The highest BCUT2D eigenvalue weighted by Gasteiger charge is 2.22. The fourth-order valence-electron chi connectivity index (χ4n) is 2.37. The van der Waals surface area contributed by atoms with Gasteiger partial charge in [0.1, 0.15) is 11.9 Å². The minimum atomic E-state index is 0.243. The standard InChI is InChI=1S/C15H16ClNOS/c1-10-2-4-14-11(6-10)7-12(18-14)8-17-9-13-3-5-15(16)19-13/h2-6,12,17H,7-9H2,1H3. The lowest BCUT2D eigenvalue weighted by atomic mass is 10.1. The zero-order chi connectivity index (χ0) is 13.2. The van der Waals surface area contributed by atoms with Crippen LogP contribution in [0.3, 0.4) is 0 Å². The van der Waals surface area contributed by atoms with Crippen molar-refractivity contribution in [2.24, 2.45) is 0 Å². The van der Waals surface area contributed by atoms with Crippen molar-refractivity contribution in [1.29, 1.82) is 0 Å². The Morgan fingerprint density at radius 2 is 2.26 bits per heavy atom. The first-order valence-electron chi connectivity index (χ1n) is 6.42. The largest absolute Gasteiger partial charge is 0.488 e. The Bertz CT molecular complexity index is 581. The Hall–Kier alpha value is -1.03. The molecule has 1 aliphatic heterocycles. The van der Waals surface area contributed by atoms with Gasteiger partial charge in [-0.05, 0) is 30.7 Å². The maximum absolute atomic E-state index is 5.92. The van der Waals surface area contributed by atoms with E-state index in [-0.39, 0.29) is 6.10 Å². The van der Waals surface area contributed by atoms with Gasteiger partial charge in [0.2, 0.25) is 0 Å². The Kier molecular flexibility index (Phi) is 3.78. The zero-order valence-corrected chi connectivity index (χ0v) is 12.4. The molecule has 1 aromatic heterocycles. The highest BCUT2D eigenvalue weighted by atomic mass is 35.5. The molecule has 0 saturated carbocycles. The van der Waals surface area contributed by atoms with E-state index in [1.165, 1.54) is 16.0 Å². The molecule has 1 N–H and O–H groups in total. The minimum Gasteiger partial charge on any atom is -0.488 e. The van der Waals surface area contributed by atoms with Crippen LogP contribution in [0, 0.1) is 6.92 Å². The molecule has 0 amide bonds. The number of ether oxygens (including phenoxy) is 1. The number of rotatable bonds is 4. The second-order valence-corrected chi connectivity index (χ2v) is 6.69. The molecule has 3 rings (SSSR count). The molecular weight excluding hydrogens is 278 g/mol. The van der Waals surface area contributed by atoms with Crippen LogP contribution in [0.5, 0.6) is 5.75 Å². The third kappa shape index (κ3) is 3.11. The molecule has 2 heterocycles. The first-order valence-corrected chi connectivity index (χ1v) is 7.61. The van der Waals surface area contributed by atoms with Crippen molar-refractivity contribution in [1.82, 2.24) is 5.32 Å². The average molecular weight is 294 g/mol. The third-order valence-electron chi connectivity index (χ3n) is 3.26. The number of aryl methyl sites for hydroxylation is 1. The normalized spacial score (nSPS) is 17.3. The number of hydrogen-bond donors (Lipinski definition) is 1. The molecule has 0 bridgehead atoms. The van der Waals surface area contributed by atoms with Crippen molar-refractivity contribution >= 4 is 22.9 Å². The summed E-state index contributed by atoms with van der Waals surface area (Å²) in [5, 5.41) is 3.43. The quantitative estimate of drug-likeness (QED) is 0.926. The van der Waals surface area contributed by atoms with Gasteiger partial charge >= 0.3 is 0 Å². The van der Waals surface area contributed by atoms with Gasteiger partial charge in [-0.15, -0.1) is 11.3 Å². The van der Waals surface area contributed by atoms with E-state index in [0.717, 1.165) is 29.6 Å². The van der Waals surface area contributed by atoms with Crippen LogP contribution in [0.25, 0.3) is 0 Å². The van der Waals surface area contributed by atoms with E-state index in [1.807, 2.05) is 6.07 Å². The number of thiophene rings is 1. The molecule has 1 atom stereocenters. The summed E-state index contributed by atoms with van der Waals surface area (Å²) in [4.78, 5) is 1.26. The van der Waals surface area contributed by atoms with Gasteiger partial charge in [0, 0.05) is 24.4 Å². The number of halogens is 1. The molecule has 19 heavy (non-hydrogen) atoms. The van der Waals surface area contributed by atoms with Crippen molar-refractivity contribution in [2.45, 2.75) is 26.0 Å². The molecule has 100 valence electrons. The lowest BCUT2D eigenvalue weighted by Gasteiger charge is -2.11. The van der Waals surface area contributed by atoms with Gasteiger partial charge < -0.3 is 10.1 Å². The van der Waals surface area contributed by atoms with Gasteiger partial charge in [-0.25, -0.2) is 0 Å². The molecule has 0 radical (unpaired) electrons. The highest BCUT2D eigenvalue weighted by Crippen LogP contribution is 2.29. The molecule has 0 spiro atoms. The monoisotopic (exact) mass is 293 g/mol. The Balaban J connectivity index is 1.51. The van der Waals surface area contributed by atoms with Crippen molar-refractivity contribution < 1.29 is 4.74 Å². The van der Waals surface area contributed by atoms with Crippen LogP contribution in [0.1, 0.15) is 16.0 Å². The molecule has 0 fully saturated rings. The molecule has 1 aliphatic rings. The predicted molar refractivity (Wildman–Crippen MR) is 80.3 cm³/mol. The Labute approximate surface area is 122 Å². The van der Waals surface area contributed by atoms with E-state index in [4.69, 9.17) is 16.3 Å². The number of hydrogen-bond acceptors (Lipinski definition) is 3. The van der Waals surface area contributed by atoms with Crippen LogP contribution in [-0.4, -0.2) is 12.6 Å². The van der Waals surface area contributed by atoms with Gasteiger partial charge in [-0.3, -0.25) is 0 Å². The SMILES string of the molecule is Cc1ccc2c(c1)CC(CNCc1ccc(Cl)s1)O2. The molecule has 0 saturated heterocycles. The molecule has 0 aliphatic carbocycles. The van der Waals surface area contributed by atoms with Gasteiger partial charge in [0.05, 0.1) is 4.34 Å². The lowest BCUT2D eigenvalue weighted by molar-refractivity contribution is 0.227. The summed E-state index contributed by atoms with van der Waals surface area (Å²) in [6.45, 7) is 3.84. The van der Waals surface area contributed by atoms with E-state index in [1.54, 1.807) is 11.3 Å².